The molecule has 5 rings (SSSR count). The van der Waals surface area contributed by atoms with Crippen molar-refractivity contribution in [3.8, 4) is 5.69 Å². The lowest BCUT2D eigenvalue weighted by molar-refractivity contribution is 0.0910. The number of nitrogens with zero attached hydrogens (tertiary/aromatic N) is 3. The summed E-state index contributed by atoms with van der Waals surface area (Å²) < 4.78 is 1.95. The molecule has 2 aromatic heterocycles. The van der Waals surface area contributed by atoms with E-state index in [2.05, 4.69) is 54.2 Å². The fraction of sp³-hybridized carbons (Fsp3) is 0.500. The summed E-state index contributed by atoms with van der Waals surface area (Å²) in [7, 11) is 0. The SMILES string of the molecule is CCCc1cc2cc(-n3nc(C)c4c3CC(C)(C)CC4=O)cc(N3CCNCC3)c2c(=O)[nH]1. The van der Waals surface area contributed by atoms with Crippen molar-refractivity contribution >= 4 is 22.2 Å². The van der Waals surface area contributed by atoms with E-state index < -0.39 is 0 Å². The highest BCUT2D eigenvalue weighted by Gasteiger charge is 2.36. The van der Waals surface area contributed by atoms with E-state index in [4.69, 9.17) is 5.10 Å². The van der Waals surface area contributed by atoms with Gasteiger partial charge < -0.3 is 15.2 Å². The first-order valence-electron chi connectivity index (χ1n) is 12.0. The maximum absolute atomic E-state index is 13.2. The number of pyridine rings is 1. The number of piperazine rings is 1. The first-order valence-corrected chi connectivity index (χ1v) is 12.0. The van der Waals surface area contributed by atoms with Crippen LogP contribution in [-0.2, 0) is 12.8 Å². The van der Waals surface area contributed by atoms with Crippen LogP contribution in [0.25, 0.3) is 16.5 Å². The Bertz CT molecular complexity index is 1290. The number of rotatable bonds is 4. The largest absolute Gasteiger partial charge is 0.368 e. The lowest BCUT2D eigenvalue weighted by Crippen LogP contribution is -2.44. The highest BCUT2D eigenvalue weighted by Crippen LogP contribution is 2.38. The van der Waals surface area contributed by atoms with Crippen LogP contribution >= 0.6 is 0 Å². The molecule has 0 amide bonds. The maximum atomic E-state index is 13.2. The van der Waals surface area contributed by atoms with E-state index in [0.29, 0.717) is 6.42 Å². The summed E-state index contributed by atoms with van der Waals surface area (Å²) in [5.41, 5.74) is 5.22. The second-order valence-corrected chi connectivity index (χ2v) is 10.3. The number of anilines is 1. The first-order chi connectivity index (χ1) is 15.8. The number of aromatic nitrogens is 3. The van der Waals surface area contributed by atoms with Crippen LogP contribution in [-0.4, -0.2) is 46.7 Å². The van der Waals surface area contributed by atoms with Crippen molar-refractivity contribution in [2.45, 2.75) is 53.4 Å². The van der Waals surface area contributed by atoms with Crippen LogP contribution < -0.4 is 15.8 Å². The molecule has 7 heteroatoms. The third-order valence-electron chi connectivity index (χ3n) is 6.91. The lowest BCUT2D eigenvalue weighted by Gasteiger charge is -2.31. The smallest absolute Gasteiger partial charge is 0.258 e. The molecule has 0 spiro atoms. The fourth-order valence-electron chi connectivity index (χ4n) is 5.46. The molecule has 0 atom stereocenters. The molecule has 1 aliphatic heterocycles. The Morgan fingerprint density at radius 3 is 2.58 bits per heavy atom. The number of aryl methyl sites for hydroxylation is 2. The van der Waals surface area contributed by atoms with E-state index in [-0.39, 0.29) is 16.8 Å². The van der Waals surface area contributed by atoms with Crippen LogP contribution in [0.4, 0.5) is 5.69 Å². The van der Waals surface area contributed by atoms with Crippen LogP contribution in [0.15, 0.2) is 23.0 Å². The number of nitrogens with one attached hydrogen (secondary N) is 2. The summed E-state index contributed by atoms with van der Waals surface area (Å²) >= 11 is 0. The third kappa shape index (κ3) is 3.88. The topological polar surface area (TPSA) is 83.0 Å². The van der Waals surface area contributed by atoms with E-state index in [0.717, 1.165) is 90.2 Å². The Hall–Kier alpha value is -2.93. The molecule has 2 aliphatic rings. The van der Waals surface area contributed by atoms with E-state index >= 15 is 0 Å². The number of carbonyl (C=O) groups is 1. The van der Waals surface area contributed by atoms with E-state index in [9.17, 15) is 9.59 Å². The molecule has 7 nitrogen and oxygen atoms in total. The van der Waals surface area contributed by atoms with Crippen molar-refractivity contribution in [3.05, 3.63) is 51.2 Å². The Kier molecular flexibility index (Phi) is 5.40. The first kappa shape index (κ1) is 21.9. The molecule has 1 saturated heterocycles. The molecular weight excluding hydrogens is 414 g/mol. The maximum Gasteiger partial charge on any atom is 0.258 e. The number of aromatic amines is 1. The Morgan fingerprint density at radius 2 is 1.85 bits per heavy atom. The van der Waals surface area contributed by atoms with Crippen molar-refractivity contribution in [2.24, 2.45) is 5.41 Å². The standard InChI is InChI=1S/C26H33N5O2/c1-5-6-18-11-17-12-19(13-20(24(17)25(33)28-18)30-9-7-27-8-10-30)31-21-14-26(3,4)15-22(32)23(21)16(2)29-31/h11-13,27H,5-10,14-15H2,1-4H3,(H,28,33). The normalized spacial score (nSPS) is 18.1. The van der Waals surface area contributed by atoms with Gasteiger partial charge in [0.25, 0.3) is 5.56 Å². The van der Waals surface area contributed by atoms with Crippen LogP contribution in [0.2, 0.25) is 0 Å². The Labute approximate surface area is 194 Å². The van der Waals surface area contributed by atoms with E-state index in [1.807, 2.05) is 11.6 Å². The number of fused-ring (bicyclic) bond motifs is 2. The zero-order chi connectivity index (χ0) is 23.3. The molecule has 0 bridgehead atoms. The lowest BCUT2D eigenvalue weighted by atomic mass is 9.75. The third-order valence-corrected chi connectivity index (χ3v) is 6.91. The van der Waals surface area contributed by atoms with Gasteiger partial charge in [-0.15, -0.1) is 0 Å². The van der Waals surface area contributed by atoms with Gasteiger partial charge in [-0.05, 0) is 48.8 Å². The van der Waals surface area contributed by atoms with Crippen molar-refractivity contribution in [3.63, 3.8) is 0 Å². The van der Waals surface area contributed by atoms with E-state index in [1.54, 1.807) is 0 Å². The summed E-state index contributed by atoms with van der Waals surface area (Å²) in [5.74, 6) is 0.176. The second-order valence-electron chi connectivity index (χ2n) is 10.3. The number of hydrogen-bond acceptors (Lipinski definition) is 5. The van der Waals surface area contributed by atoms with Crippen molar-refractivity contribution < 1.29 is 4.79 Å². The van der Waals surface area contributed by atoms with E-state index in [1.165, 1.54) is 0 Å². The van der Waals surface area contributed by atoms with Gasteiger partial charge in [-0.25, -0.2) is 4.68 Å². The summed E-state index contributed by atoms with van der Waals surface area (Å²) in [6.45, 7) is 11.8. The zero-order valence-electron chi connectivity index (χ0n) is 20.0. The van der Waals surface area contributed by atoms with Gasteiger partial charge in [0.05, 0.1) is 33.7 Å². The molecule has 1 aromatic carbocycles. The van der Waals surface area contributed by atoms with Crippen molar-refractivity contribution in [1.29, 1.82) is 0 Å². The van der Waals surface area contributed by atoms with Gasteiger partial charge in [0.1, 0.15) is 0 Å². The number of carbonyl (C=O) groups excluding carboxylic acids is 1. The molecule has 0 unspecified atom stereocenters. The average molecular weight is 448 g/mol. The van der Waals surface area contributed by atoms with Crippen LogP contribution in [0.5, 0.6) is 0 Å². The quantitative estimate of drug-likeness (QED) is 0.639. The van der Waals surface area contributed by atoms with Gasteiger partial charge in [-0.3, -0.25) is 9.59 Å². The second kappa shape index (κ2) is 8.13. The van der Waals surface area contributed by atoms with Gasteiger partial charge in [-0.1, -0.05) is 27.2 Å². The Morgan fingerprint density at radius 1 is 1.09 bits per heavy atom. The van der Waals surface area contributed by atoms with Crippen molar-refractivity contribution in [2.75, 3.05) is 31.1 Å². The highest BCUT2D eigenvalue weighted by molar-refractivity contribution is 6.00. The van der Waals surface area contributed by atoms with Gasteiger partial charge in [0.15, 0.2) is 5.78 Å². The summed E-state index contributed by atoms with van der Waals surface area (Å²) in [6, 6.07) is 6.25. The minimum absolute atomic E-state index is 0.0361. The van der Waals surface area contributed by atoms with Crippen LogP contribution in [0.1, 0.15) is 61.1 Å². The average Bonchev–Trinajstić information content (AvgIpc) is 3.09. The minimum atomic E-state index is -0.0992. The molecule has 174 valence electrons. The zero-order valence-corrected chi connectivity index (χ0v) is 20.0. The molecule has 1 fully saturated rings. The molecule has 3 heterocycles. The van der Waals surface area contributed by atoms with Gasteiger partial charge >= 0.3 is 0 Å². The molecule has 2 N–H and O–H groups in total. The minimum Gasteiger partial charge on any atom is -0.368 e. The monoisotopic (exact) mass is 447 g/mol. The predicted octanol–water partition coefficient (Wildman–Crippen LogP) is 3.54. The number of Topliss-reactive ketones (excluding diaryl/α,β-unsaturated/α-hetero) is 1. The van der Waals surface area contributed by atoms with Gasteiger partial charge in [-0.2, -0.15) is 5.10 Å². The number of hydrogen-bond donors (Lipinski definition) is 2. The highest BCUT2D eigenvalue weighted by atomic mass is 16.1. The summed E-state index contributed by atoms with van der Waals surface area (Å²) in [4.78, 5) is 31.5. The number of benzene rings is 1. The molecule has 1 aliphatic carbocycles. The molecule has 3 aromatic rings. The Balaban J connectivity index is 1.75. The van der Waals surface area contributed by atoms with Gasteiger partial charge in [0.2, 0.25) is 0 Å². The van der Waals surface area contributed by atoms with Crippen LogP contribution in [0, 0.1) is 12.3 Å². The molecule has 0 saturated carbocycles. The summed E-state index contributed by atoms with van der Waals surface area (Å²) in [5, 5.41) is 9.89. The van der Waals surface area contributed by atoms with Gasteiger partial charge in [0, 0.05) is 38.3 Å². The number of ketones is 1. The fourth-order valence-corrected chi connectivity index (χ4v) is 5.46. The molecular formula is C26H33N5O2. The molecule has 0 radical (unpaired) electrons. The predicted molar refractivity (Wildman–Crippen MR) is 132 cm³/mol. The molecule has 33 heavy (non-hydrogen) atoms. The van der Waals surface area contributed by atoms with Crippen molar-refractivity contribution in [1.82, 2.24) is 20.1 Å². The summed E-state index contributed by atoms with van der Waals surface area (Å²) in [6.07, 6.45) is 3.14. The van der Waals surface area contributed by atoms with Crippen LogP contribution in [0.3, 0.4) is 0 Å². The number of H-pyrrole nitrogens is 1.